The summed E-state index contributed by atoms with van der Waals surface area (Å²) < 4.78 is 25.3. The molecule has 0 fully saturated rings. The number of pyridine rings is 1. The van der Waals surface area contributed by atoms with Gasteiger partial charge in [0.05, 0.1) is 73.0 Å². The molecule has 0 saturated carbocycles. The Morgan fingerprint density at radius 1 is 0.483 bits per heavy atom. The Bertz CT molecular complexity index is 6690. The molecule has 17 nitrogen and oxygen atoms in total. The third-order valence-electron chi connectivity index (χ3n) is 24.0. The maximum atomic E-state index is 11.1. The Labute approximate surface area is 933 Å². The number of Topliss-reactive ketones (excluding diaryl/α,β-unsaturated/α-hetero) is 1. The number of benzene rings is 12. The number of aromatic nitrogens is 7. The third kappa shape index (κ3) is 34.5. The predicted molar refractivity (Wildman–Crippen MR) is 622 cm³/mol. The molecule has 16 aromatic rings. The predicted octanol–water partition coefficient (Wildman–Crippen LogP) is 30.4. The molecule has 3 N–H and O–H groups in total. The zero-order valence-electron chi connectivity index (χ0n) is 90.1. The number of nitrogens with one attached hydrogen (secondary N) is 1. The molecular weight excluding hydrogens is 2110 g/mol. The second kappa shape index (κ2) is 60.8. The van der Waals surface area contributed by atoms with Crippen molar-refractivity contribution in [3.05, 3.63) is 401 Å². The van der Waals surface area contributed by atoms with Gasteiger partial charge in [-0.25, -0.2) is 19.5 Å². The van der Waals surface area contributed by atoms with Gasteiger partial charge in [0.2, 0.25) is 4.73 Å². The largest absolute Gasteiger partial charge is 1.00 e. The van der Waals surface area contributed by atoms with Crippen LogP contribution in [0.2, 0.25) is 17.4 Å². The monoisotopic (exact) mass is 2250 g/mol. The topological polar surface area (TPSA) is 234 Å². The van der Waals surface area contributed by atoms with Crippen LogP contribution >= 0.6 is 63.7 Å². The van der Waals surface area contributed by atoms with E-state index in [1.807, 2.05) is 103 Å². The second-order valence-electron chi connectivity index (χ2n) is 38.4. The van der Waals surface area contributed by atoms with Crippen LogP contribution in [0.4, 0.5) is 5.69 Å². The molecule has 1 unspecified atom stereocenters. The van der Waals surface area contributed by atoms with Crippen LogP contribution in [-0.4, -0.2) is 92.5 Å². The minimum absolute atomic E-state index is 0. The summed E-state index contributed by atoms with van der Waals surface area (Å²) in [6.07, 6.45) is 6.97. The number of nitriles is 1. The van der Waals surface area contributed by atoms with Gasteiger partial charge in [0.1, 0.15) is 40.9 Å². The van der Waals surface area contributed by atoms with Gasteiger partial charge in [0.25, 0.3) is 20.6 Å². The van der Waals surface area contributed by atoms with Crippen LogP contribution in [0, 0.1) is 51.4 Å². The number of alkyl halides is 1. The molecule has 1 atom stereocenters. The van der Waals surface area contributed by atoms with Crippen molar-refractivity contribution in [2.24, 2.45) is 0 Å². The number of nitrogens with two attached hydrogens (primary N) is 1. The van der Waals surface area contributed by atoms with E-state index in [-0.39, 0.29) is 61.9 Å². The number of ether oxygens (including phenoxy) is 3. The summed E-state index contributed by atoms with van der Waals surface area (Å²) in [5.41, 5.74) is 38.4. The number of imidazole rings is 2. The molecule has 23 heteroatoms. The fourth-order valence-corrected chi connectivity index (χ4v) is 18.3. The molecule has 16 rings (SSSR count). The molecule has 147 heavy (non-hydrogen) atoms. The van der Waals surface area contributed by atoms with Crippen molar-refractivity contribution in [3.63, 3.8) is 0 Å². The van der Waals surface area contributed by atoms with Gasteiger partial charge in [-0.3, -0.25) is 18.7 Å². The third-order valence-corrected chi connectivity index (χ3v) is 25.8. The van der Waals surface area contributed by atoms with Crippen LogP contribution in [0.3, 0.4) is 0 Å². The van der Waals surface area contributed by atoms with Gasteiger partial charge in [0.15, 0.2) is 11.4 Å². The number of nitrogen functional groups attached to an aromatic ring is 1. The Balaban J connectivity index is 0.000000237. The fourth-order valence-electron chi connectivity index (χ4n) is 16.9. The van der Waals surface area contributed by atoms with E-state index in [2.05, 4.69) is 414 Å². The summed E-state index contributed by atoms with van der Waals surface area (Å²) in [5.74, 6) is 14.3. The minimum atomic E-state index is -0.181. The SMILES string of the molecule is COc1ccccc1-c1nc(-c2cccc(Br)c2)cn1-c1c(C(C)C)cccc1C(C)C.COc1ccccc1-c1nc(-c2cccc(C)c2)cn1-c1c(C(C)C)cccc1C(C)C.COc1ccccc1C#N.Cc1cccc(C)c1-c1cccn2nc(Br)nc12.Cc1ccccc1C(=N)Cc1c(C(C)C)cccc1C(C)C.O=C(CBr)c1cccc(Br)c1.O=CO[O-].[CH2+]C(C)c1cccc(C(C)C)c1N.[CH3][Al]([CH3])[CH3].[Na+]. The number of carbonyl (C=O) groups is 2. The molecule has 4 heterocycles. The standard InChI is InChI=1S/C29H32N2O.C28H29BrN2O.C21H27N.C14H12BrN3.C12H18N.C8H6Br2O.C8H7NO.CH2O3.3CH3.Al.Na/c1-19(2)23-14-10-15-24(20(3)4)28(23)31-18-26(22-12-9-11-21(5)17-22)30-29(31)25-13-7-8-16-27(25)32-6;1-18(2)22-13-9-14-23(19(3)4)27(22)31-17-25(20-10-8-11-21(29)16-20)30-28(31)24-12-6-7-15-26(24)32-5;1-14(2)17-11-8-12-18(15(3)4)20(17)13-21(22)19-10-7-6-9-16(19)5;1-9-5-3-6-10(2)12(9)11-7-4-8-18-13(11)16-14(15)17-18;1-8(2)10-6-5-7-11(9(3)4)12(10)13;9-5-8(11)6-2-1-3-7(10)4-6;1-10-8-5-3-2-4-7(8)6-9;2-1-4-3;;;;;/h7-20H,1-6H3;6-19H,1-5H3;6-12,14-15,22H,13H2,1-5H3;3-8H,1-2H3;5-9H,1,13H2,2-4H3;1-4H,5H2;2-5H,1H3;1,3H;3*1H3;;/q;;;;+1;;;;;;;;+1/p-1. The first-order valence-electron chi connectivity index (χ1n) is 49.4. The zero-order chi connectivity index (χ0) is 107. The van der Waals surface area contributed by atoms with Gasteiger partial charge in [-0.2, -0.15) is 5.26 Å². The number of para-hydroxylation sites is 6. The first kappa shape index (κ1) is 122. The smallest absolute Gasteiger partial charge is 0.662 e. The molecule has 760 valence electrons. The maximum Gasteiger partial charge on any atom is 1.00 e. The maximum absolute atomic E-state index is 11.1. The second-order valence-corrected chi connectivity index (χ2v) is 44.9. The van der Waals surface area contributed by atoms with Crippen molar-refractivity contribution >= 4 is 107 Å². The number of halogens is 4. The molecule has 0 radical (unpaired) electrons. The number of aryl methyl sites for hydroxylation is 4. The van der Waals surface area contributed by atoms with Crippen LogP contribution in [0.5, 0.6) is 17.2 Å². The van der Waals surface area contributed by atoms with Crippen LogP contribution in [-0.2, 0) is 16.1 Å². The Morgan fingerprint density at radius 2 is 0.864 bits per heavy atom. The summed E-state index contributed by atoms with van der Waals surface area (Å²) in [6, 6.07) is 94.2. The van der Waals surface area contributed by atoms with Crippen LogP contribution in [0.25, 0.3) is 73.4 Å². The summed E-state index contributed by atoms with van der Waals surface area (Å²) in [5, 5.41) is 30.2. The van der Waals surface area contributed by atoms with E-state index in [1.165, 1.54) is 83.7 Å². The van der Waals surface area contributed by atoms with Crippen molar-refractivity contribution in [1.82, 2.24) is 33.7 Å². The molecule has 12 aromatic carbocycles. The minimum Gasteiger partial charge on any atom is -0.662 e. The van der Waals surface area contributed by atoms with E-state index >= 15 is 0 Å². The first-order chi connectivity index (χ1) is 69.7. The Hall–Kier alpha value is -11.5. The van der Waals surface area contributed by atoms with E-state index in [0.717, 1.165) is 99.3 Å². The number of rotatable bonds is 24. The van der Waals surface area contributed by atoms with Crippen molar-refractivity contribution in [2.45, 2.75) is 203 Å². The van der Waals surface area contributed by atoms with E-state index in [4.69, 9.17) is 50.6 Å². The van der Waals surface area contributed by atoms with Gasteiger partial charge in [-0.05, 0) is 243 Å². The van der Waals surface area contributed by atoms with Crippen molar-refractivity contribution in [2.75, 3.05) is 32.4 Å². The zero-order valence-corrected chi connectivity index (χ0v) is 99.6. The number of fused-ring (bicyclic) bond motifs is 1. The van der Waals surface area contributed by atoms with Gasteiger partial charge >= 0.3 is 29.6 Å². The van der Waals surface area contributed by atoms with Crippen molar-refractivity contribution in [1.29, 1.82) is 10.7 Å². The average Bonchev–Trinajstić information content (AvgIpc) is 1.64. The number of nitrogens with zero attached hydrogens (tertiary/aromatic N) is 8. The van der Waals surface area contributed by atoms with Crippen LogP contribution in [0.15, 0.2) is 305 Å². The number of anilines is 1. The normalized spacial score (nSPS) is 10.8. The van der Waals surface area contributed by atoms with Gasteiger partial charge in [-0.15, -0.1) is 22.5 Å². The van der Waals surface area contributed by atoms with Gasteiger partial charge in [0, 0.05) is 73.2 Å². The summed E-state index contributed by atoms with van der Waals surface area (Å²) >= 11 is 13.2. The van der Waals surface area contributed by atoms with Gasteiger partial charge < -0.3 is 35.5 Å². The molecule has 0 saturated heterocycles. The molecule has 4 aromatic heterocycles. The molecule has 0 aliphatic heterocycles. The van der Waals surface area contributed by atoms with Gasteiger partial charge in [-0.1, -0.05) is 344 Å². The van der Waals surface area contributed by atoms with Crippen molar-refractivity contribution < 1.29 is 63.5 Å². The quantitative estimate of drug-likeness (QED) is 0.00660. The molecule has 0 aliphatic rings. The van der Waals surface area contributed by atoms with Crippen LogP contribution in [0.1, 0.15) is 245 Å². The summed E-state index contributed by atoms with van der Waals surface area (Å²) in [7, 11) is 4.98. The summed E-state index contributed by atoms with van der Waals surface area (Å²) in [4.78, 5) is 37.1. The van der Waals surface area contributed by atoms with E-state index in [9.17, 15) is 4.79 Å². The fraction of sp³-hybridized carbons (Fsp3) is 0.282. The van der Waals surface area contributed by atoms with E-state index in [0.29, 0.717) is 74.9 Å². The number of hydrogen-bond donors (Lipinski definition) is 2. The van der Waals surface area contributed by atoms with Crippen molar-refractivity contribution in [3.8, 4) is 91.1 Å². The molecular formula is C124H141AlBr4N10NaO7+. The van der Waals surface area contributed by atoms with E-state index in [1.54, 1.807) is 50.1 Å². The number of hydrogen-bond acceptors (Lipinski definition) is 14. The molecule has 0 spiro atoms. The Morgan fingerprint density at radius 3 is 1.28 bits per heavy atom. The molecule has 0 amide bonds. The first-order valence-corrected chi connectivity index (χ1v) is 56.3. The molecule has 0 bridgehead atoms. The average molecular weight is 2250 g/mol. The van der Waals surface area contributed by atoms with Crippen LogP contribution < -0.4 is 54.8 Å². The number of ketones is 1. The number of methoxy groups -OCH3 is 3. The Kier molecular flexibility index (Phi) is 50.6. The molecule has 0 aliphatic carbocycles. The van der Waals surface area contributed by atoms with E-state index < -0.39 is 0 Å². The summed E-state index contributed by atoms with van der Waals surface area (Å²) in [6.45, 7) is 45.6. The number of carbonyl (C=O) groups excluding carboxylic acids is 2.